The molecule has 1 amide bonds. The van der Waals surface area contributed by atoms with Crippen LogP contribution in [0.1, 0.15) is 18.4 Å². The van der Waals surface area contributed by atoms with Gasteiger partial charge < -0.3 is 19.9 Å². The molecule has 0 spiro atoms. The van der Waals surface area contributed by atoms with Gasteiger partial charge in [0.05, 0.1) is 31.3 Å². The van der Waals surface area contributed by atoms with Gasteiger partial charge in [-0.1, -0.05) is 17.7 Å². The van der Waals surface area contributed by atoms with Gasteiger partial charge in [-0.2, -0.15) is 0 Å². The van der Waals surface area contributed by atoms with Crippen molar-refractivity contribution in [2.45, 2.75) is 19.8 Å². The predicted octanol–water partition coefficient (Wildman–Crippen LogP) is 3.13. The number of ether oxygens (including phenoxy) is 1. The Hall–Kier alpha value is -2.38. The number of carbonyl (C=O) groups is 1. The highest BCUT2D eigenvalue weighted by Gasteiger charge is 2.26. The summed E-state index contributed by atoms with van der Waals surface area (Å²) in [6.45, 7) is 6.63. The van der Waals surface area contributed by atoms with E-state index >= 15 is 0 Å². The molecule has 0 aliphatic carbocycles. The third-order valence-electron chi connectivity index (χ3n) is 5.67. The Kier molecular flexibility index (Phi) is 6.16. The lowest BCUT2D eigenvalue weighted by molar-refractivity contribution is -0.120. The van der Waals surface area contributed by atoms with Gasteiger partial charge in [0.15, 0.2) is 0 Å². The molecular formula is C21H26ClN5O2. The third kappa shape index (κ3) is 4.62. The van der Waals surface area contributed by atoms with Crippen molar-refractivity contribution in [1.29, 1.82) is 0 Å². The van der Waals surface area contributed by atoms with E-state index in [0.29, 0.717) is 5.02 Å². The molecule has 3 heterocycles. The number of aromatic nitrogens is 2. The smallest absolute Gasteiger partial charge is 0.227 e. The first-order chi connectivity index (χ1) is 14.1. The fourth-order valence-electron chi connectivity index (χ4n) is 3.78. The highest BCUT2D eigenvalue weighted by Crippen LogP contribution is 2.27. The lowest BCUT2D eigenvalue weighted by Crippen LogP contribution is -2.39. The number of morpholine rings is 1. The zero-order valence-corrected chi connectivity index (χ0v) is 17.4. The van der Waals surface area contributed by atoms with Crippen molar-refractivity contribution in [2.75, 3.05) is 54.5 Å². The minimum atomic E-state index is -0.00169. The summed E-state index contributed by atoms with van der Waals surface area (Å²) in [4.78, 5) is 26.1. The second-order valence-corrected chi connectivity index (χ2v) is 7.91. The van der Waals surface area contributed by atoms with E-state index in [2.05, 4.69) is 25.1 Å². The van der Waals surface area contributed by atoms with Crippen molar-refractivity contribution in [3.63, 3.8) is 0 Å². The molecule has 2 saturated heterocycles. The van der Waals surface area contributed by atoms with Gasteiger partial charge in [-0.05, 0) is 37.5 Å². The molecule has 8 heteroatoms. The maximum absolute atomic E-state index is 12.7. The molecule has 7 nitrogen and oxygen atoms in total. The summed E-state index contributed by atoms with van der Waals surface area (Å²) in [6.07, 6.45) is 5.37. The summed E-state index contributed by atoms with van der Waals surface area (Å²) in [5, 5.41) is 3.70. The lowest BCUT2D eigenvalue weighted by atomic mass is 9.95. The van der Waals surface area contributed by atoms with E-state index in [-0.39, 0.29) is 11.8 Å². The number of nitrogens with zero attached hydrogens (tertiary/aromatic N) is 4. The molecule has 0 atom stereocenters. The average molecular weight is 416 g/mol. The summed E-state index contributed by atoms with van der Waals surface area (Å²) >= 11 is 6.15. The second-order valence-electron chi connectivity index (χ2n) is 7.50. The van der Waals surface area contributed by atoms with Gasteiger partial charge in [0.1, 0.15) is 0 Å². The number of rotatable bonds is 4. The zero-order valence-electron chi connectivity index (χ0n) is 16.6. The molecule has 154 valence electrons. The summed E-state index contributed by atoms with van der Waals surface area (Å²) in [5.41, 5.74) is 2.70. The van der Waals surface area contributed by atoms with Crippen LogP contribution in [0, 0.1) is 12.8 Å². The van der Waals surface area contributed by atoms with Crippen LogP contribution in [0.4, 0.5) is 17.3 Å². The first-order valence-electron chi connectivity index (χ1n) is 10.1. The quantitative estimate of drug-likeness (QED) is 0.827. The first kappa shape index (κ1) is 19.9. The SMILES string of the molecule is Cc1c(Cl)cccc1NC(=O)C1CCN(c2cnc(N3CCOCC3)nc2)CC1. The van der Waals surface area contributed by atoms with Gasteiger partial charge >= 0.3 is 0 Å². The van der Waals surface area contributed by atoms with Crippen LogP contribution in [0.25, 0.3) is 0 Å². The molecule has 1 aromatic carbocycles. The second kappa shape index (κ2) is 8.97. The number of carbonyl (C=O) groups excluding carboxylic acids is 1. The molecule has 2 aliphatic rings. The van der Waals surface area contributed by atoms with Crippen LogP contribution in [0.2, 0.25) is 5.02 Å². The summed E-state index contributed by atoms with van der Waals surface area (Å²) < 4.78 is 5.37. The fourth-order valence-corrected chi connectivity index (χ4v) is 3.96. The molecule has 2 aromatic rings. The van der Waals surface area contributed by atoms with Crippen LogP contribution in [0.5, 0.6) is 0 Å². The van der Waals surface area contributed by atoms with Crippen molar-refractivity contribution in [3.8, 4) is 0 Å². The normalized spacial score (nSPS) is 18.0. The molecule has 1 aromatic heterocycles. The number of hydrogen-bond donors (Lipinski definition) is 1. The van der Waals surface area contributed by atoms with Gasteiger partial charge in [-0.3, -0.25) is 4.79 Å². The molecule has 2 aliphatic heterocycles. The van der Waals surface area contributed by atoms with Crippen molar-refractivity contribution >= 4 is 34.8 Å². The molecule has 0 saturated carbocycles. The molecule has 0 bridgehead atoms. The van der Waals surface area contributed by atoms with E-state index in [0.717, 1.165) is 75.1 Å². The molecule has 4 rings (SSSR count). The van der Waals surface area contributed by atoms with Crippen molar-refractivity contribution in [2.24, 2.45) is 5.92 Å². The Balaban J connectivity index is 1.32. The highest BCUT2D eigenvalue weighted by atomic mass is 35.5. The van der Waals surface area contributed by atoms with Gasteiger partial charge in [-0.15, -0.1) is 0 Å². The standard InChI is InChI=1S/C21H26ClN5O2/c1-15-18(22)3-2-4-19(15)25-20(28)16-5-7-26(8-6-16)17-13-23-21(24-14-17)27-9-11-29-12-10-27/h2-4,13-14,16H,5-12H2,1H3,(H,25,28). The molecule has 2 fully saturated rings. The Morgan fingerprint density at radius 1 is 1.10 bits per heavy atom. The van der Waals surface area contributed by atoms with Crippen molar-refractivity contribution < 1.29 is 9.53 Å². The minimum absolute atomic E-state index is 0.00169. The van der Waals surface area contributed by atoms with Gasteiger partial charge in [-0.25, -0.2) is 9.97 Å². The Morgan fingerprint density at radius 2 is 1.79 bits per heavy atom. The number of anilines is 3. The van der Waals surface area contributed by atoms with Crippen LogP contribution < -0.4 is 15.1 Å². The maximum Gasteiger partial charge on any atom is 0.227 e. The van der Waals surface area contributed by atoms with E-state index in [1.807, 2.05) is 37.5 Å². The molecule has 1 N–H and O–H groups in total. The topological polar surface area (TPSA) is 70.6 Å². The van der Waals surface area contributed by atoms with E-state index in [4.69, 9.17) is 16.3 Å². The predicted molar refractivity (Wildman–Crippen MR) is 115 cm³/mol. The summed E-state index contributed by atoms with van der Waals surface area (Å²) in [7, 11) is 0. The number of hydrogen-bond acceptors (Lipinski definition) is 6. The van der Waals surface area contributed by atoms with Crippen LogP contribution in [-0.4, -0.2) is 55.3 Å². The van der Waals surface area contributed by atoms with E-state index in [9.17, 15) is 4.79 Å². The van der Waals surface area contributed by atoms with Gasteiger partial charge in [0.25, 0.3) is 0 Å². The summed E-state index contributed by atoms with van der Waals surface area (Å²) in [5.74, 6) is 0.815. The van der Waals surface area contributed by atoms with Crippen molar-refractivity contribution in [3.05, 3.63) is 41.2 Å². The monoisotopic (exact) mass is 415 g/mol. The Labute approximate surface area is 176 Å². The Morgan fingerprint density at radius 3 is 2.48 bits per heavy atom. The minimum Gasteiger partial charge on any atom is -0.378 e. The van der Waals surface area contributed by atoms with Crippen LogP contribution in [0.15, 0.2) is 30.6 Å². The average Bonchev–Trinajstić information content (AvgIpc) is 2.78. The van der Waals surface area contributed by atoms with Crippen LogP contribution in [0.3, 0.4) is 0 Å². The number of benzene rings is 1. The van der Waals surface area contributed by atoms with Crippen molar-refractivity contribution in [1.82, 2.24) is 9.97 Å². The Bertz CT molecular complexity index is 847. The number of piperidine rings is 1. The van der Waals surface area contributed by atoms with Gasteiger partial charge in [0.2, 0.25) is 11.9 Å². The molecule has 0 unspecified atom stereocenters. The number of halogens is 1. The van der Waals surface area contributed by atoms with E-state index in [1.54, 1.807) is 0 Å². The number of nitrogens with one attached hydrogen (secondary N) is 1. The largest absolute Gasteiger partial charge is 0.378 e. The number of amides is 1. The molecule has 29 heavy (non-hydrogen) atoms. The summed E-state index contributed by atoms with van der Waals surface area (Å²) in [6, 6.07) is 5.58. The fraction of sp³-hybridized carbons (Fsp3) is 0.476. The third-order valence-corrected chi connectivity index (χ3v) is 6.08. The van der Waals surface area contributed by atoms with E-state index in [1.165, 1.54) is 0 Å². The first-order valence-corrected chi connectivity index (χ1v) is 10.5. The van der Waals surface area contributed by atoms with Crippen LogP contribution >= 0.6 is 11.6 Å². The lowest BCUT2D eigenvalue weighted by Gasteiger charge is -2.33. The molecular weight excluding hydrogens is 390 g/mol. The highest BCUT2D eigenvalue weighted by molar-refractivity contribution is 6.31. The van der Waals surface area contributed by atoms with Gasteiger partial charge in [0, 0.05) is 42.8 Å². The van der Waals surface area contributed by atoms with Crippen LogP contribution in [-0.2, 0) is 9.53 Å². The molecule has 0 radical (unpaired) electrons. The van der Waals surface area contributed by atoms with E-state index < -0.39 is 0 Å². The zero-order chi connectivity index (χ0) is 20.2. The maximum atomic E-state index is 12.7.